The van der Waals surface area contributed by atoms with Gasteiger partial charge < -0.3 is 10.2 Å². The topological polar surface area (TPSA) is 57.5 Å². The van der Waals surface area contributed by atoms with E-state index in [1.54, 1.807) is 0 Å². The maximum atomic E-state index is 10.3. The summed E-state index contributed by atoms with van der Waals surface area (Å²) in [4.78, 5) is 10.3. The maximum absolute atomic E-state index is 10.3. The van der Waals surface area contributed by atoms with Gasteiger partial charge in [0.2, 0.25) is 0 Å². The lowest BCUT2D eigenvalue weighted by Crippen LogP contribution is -2.01. The van der Waals surface area contributed by atoms with E-state index in [1.807, 2.05) is 0 Å². The molecular weight excluding hydrogens is 288 g/mol. The molecule has 0 bridgehead atoms. The molecule has 1 atom stereocenters. The number of aliphatic hydroxyl groups is 1. The Hall–Kier alpha value is -1.45. The molecular formula is C20H32O3. The Morgan fingerprint density at radius 1 is 0.870 bits per heavy atom. The highest BCUT2D eigenvalue weighted by Gasteiger charge is 1.96. The molecule has 2 N–H and O–H groups in total. The normalized spacial score (nSPS) is 11.0. The van der Waals surface area contributed by atoms with Gasteiger partial charge in [-0.25, -0.2) is 0 Å². The van der Waals surface area contributed by atoms with Gasteiger partial charge >= 0.3 is 5.97 Å². The van der Waals surface area contributed by atoms with Crippen molar-refractivity contribution >= 4 is 5.97 Å². The molecule has 0 rings (SSSR count). The van der Waals surface area contributed by atoms with E-state index in [4.69, 9.17) is 5.11 Å². The largest absolute Gasteiger partial charge is 0.481 e. The predicted molar refractivity (Wildman–Crippen MR) is 94.9 cm³/mol. The number of unbranched alkanes of at least 4 members (excludes halogenated alkanes) is 8. The molecule has 3 heteroatoms. The Kier molecular flexibility index (Phi) is 15.8. The molecule has 0 aliphatic rings. The molecule has 0 aromatic rings. The number of carbonyl (C=O) groups is 1. The van der Waals surface area contributed by atoms with E-state index in [0.717, 1.165) is 44.9 Å². The number of hydrogen-bond acceptors (Lipinski definition) is 2. The van der Waals surface area contributed by atoms with Gasteiger partial charge in [-0.05, 0) is 25.7 Å². The number of carboxylic acid groups (broad SMARTS) is 1. The van der Waals surface area contributed by atoms with Crippen molar-refractivity contribution in [1.29, 1.82) is 0 Å². The first-order chi connectivity index (χ1) is 11.2. The van der Waals surface area contributed by atoms with Crippen molar-refractivity contribution in [2.75, 3.05) is 0 Å². The fraction of sp³-hybridized carbons (Fsp3) is 0.750. The van der Waals surface area contributed by atoms with Gasteiger partial charge in [-0.2, -0.15) is 0 Å². The molecule has 0 aromatic carbocycles. The van der Waals surface area contributed by atoms with Crippen LogP contribution < -0.4 is 0 Å². The van der Waals surface area contributed by atoms with Gasteiger partial charge in [-0.1, -0.05) is 44.9 Å². The van der Waals surface area contributed by atoms with Crippen molar-refractivity contribution in [3.8, 4) is 23.7 Å². The summed E-state index contributed by atoms with van der Waals surface area (Å²) in [6, 6.07) is 0. The average Bonchev–Trinajstić information content (AvgIpc) is 2.52. The minimum absolute atomic E-state index is 0.215. The zero-order valence-electron chi connectivity index (χ0n) is 14.6. The highest BCUT2D eigenvalue weighted by atomic mass is 16.4. The number of carboxylic acids is 1. The van der Waals surface area contributed by atoms with Crippen LogP contribution in [-0.2, 0) is 4.79 Å². The van der Waals surface area contributed by atoms with Gasteiger partial charge in [0, 0.05) is 25.7 Å². The minimum atomic E-state index is -0.744. The Morgan fingerprint density at radius 2 is 1.43 bits per heavy atom. The van der Waals surface area contributed by atoms with E-state index in [9.17, 15) is 9.90 Å². The SMILES string of the molecule is CCCC[C@@H](O)C#CCCCCCCCC#CCCCC(=O)O. The average molecular weight is 320 g/mol. The summed E-state index contributed by atoms with van der Waals surface area (Å²) in [6.07, 6.45) is 11.7. The first kappa shape index (κ1) is 21.6. The van der Waals surface area contributed by atoms with Crippen LogP contribution in [0.4, 0.5) is 0 Å². The van der Waals surface area contributed by atoms with Gasteiger partial charge in [0.1, 0.15) is 6.10 Å². The highest BCUT2D eigenvalue weighted by Crippen LogP contribution is 2.07. The molecule has 3 nitrogen and oxygen atoms in total. The lowest BCUT2D eigenvalue weighted by molar-refractivity contribution is -0.137. The molecule has 0 saturated carbocycles. The molecule has 0 spiro atoms. The quantitative estimate of drug-likeness (QED) is 0.410. The molecule has 0 heterocycles. The van der Waals surface area contributed by atoms with Gasteiger partial charge in [0.15, 0.2) is 0 Å². The van der Waals surface area contributed by atoms with Gasteiger partial charge in [-0.3, -0.25) is 4.79 Å². The highest BCUT2D eigenvalue weighted by molar-refractivity contribution is 5.66. The van der Waals surface area contributed by atoms with E-state index < -0.39 is 12.1 Å². The van der Waals surface area contributed by atoms with E-state index in [0.29, 0.717) is 12.8 Å². The Bertz CT molecular complexity index is 406. The van der Waals surface area contributed by atoms with Crippen molar-refractivity contribution in [2.45, 2.75) is 96.5 Å². The second-order valence-corrected chi connectivity index (χ2v) is 5.85. The fourth-order valence-corrected chi connectivity index (χ4v) is 2.12. The van der Waals surface area contributed by atoms with Crippen LogP contribution in [0, 0.1) is 23.7 Å². The van der Waals surface area contributed by atoms with Crippen molar-refractivity contribution in [3.63, 3.8) is 0 Å². The summed E-state index contributed by atoms with van der Waals surface area (Å²) in [5.41, 5.74) is 0. The zero-order chi connectivity index (χ0) is 17.2. The summed E-state index contributed by atoms with van der Waals surface area (Å²) in [5, 5.41) is 18.1. The van der Waals surface area contributed by atoms with Crippen molar-refractivity contribution in [3.05, 3.63) is 0 Å². The van der Waals surface area contributed by atoms with Gasteiger partial charge in [0.25, 0.3) is 0 Å². The van der Waals surface area contributed by atoms with Crippen LogP contribution in [0.3, 0.4) is 0 Å². The molecule has 0 saturated heterocycles. The van der Waals surface area contributed by atoms with E-state index in [-0.39, 0.29) is 6.42 Å². The number of aliphatic carboxylic acids is 1. The van der Waals surface area contributed by atoms with Crippen LogP contribution in [0.5, 0.6) is 0 Å². The Labute approximate surface area is 141 Å². The number of hydrogen-bond donors (Lipinski definition) is 2. The van der Waals surface area contributed by atoms with Gasteiger partial charge in [0.05, 0.1) is 0 Å². The second-order valence-electron chi connectivity index (χ2n) is 5.85. The summed E-state index contributed by atoms with van der Waals surface area (Å²) in [5.74, 6) is 11.4. The van der Waals surface area contributed by atoms with Crippen molar-refractivity contribution < 1.29 is 15.0 Å². The van der Waals surface area contributed by atoms with Crippen LogP contribution >= 0.6 is 0 Å². The minimum Gasteiger partial charge on any atom is -0.481 e. The standard InChI is InChI=1S/C20H32O3/c1-2-3-16-19(21)17-14-12-10-8-6-4-5-7-9-11-13-15-18-20(22)23/h19,21H,2-8,10,12-13,15-16,18H2,1H3,(H,22,23)/t19-/m1/s1. The fourth-order valence-electron chi connectivity index (χ4n) is 2.12. The molecule has 0 aromatic heterocycles. The third-order valence-electron chi connectivity index (χ3n) is 3.52. The molecule has 0 amide bonds. The predicted octanol–water partition coefficient (Wildman–Crippen LogP) is 4.53. The summed E-state index contributed by atoms with van der Waals surface area (Å²) >= 11 is 0. The van der Waals surface area contributed by atoms with Crippen LogP contribution in [0.25, 0.3) is 0 Å². The zero-order valence-corrected chi connectivity index (χ0v) is 14.6. The van der Waals surface area contributed by atoms with Crippen LogP contribution in [0.15, 0.2) is 0 Å². The lowest BCUT2D eigenvalue weighted by Gasteiger charge is -2.00. The molecule has 0 radical (unpaired) electrons. The van der Waals surface area contributed by atoms with Gasteiger partial charge in [-0.15, -0.1) is 17.8 Å². The van der Waals surface area contributed by atoms with E-state index >= 15 is 0 Å². The molecule has 0 fully saturated rings. The first-order valence-electron chi connectivity index (χ1n) is 9.00. The Balaban J connectivity index is 3.32. The molecule has 0 aliphatic heterocycles. The summed E-state index contributed by atoms with van der Waals surface area (Å²) in [6.45, 7) is 2.12. The Morgan fingerprint density at radius 3 is 2.04 bits per heavy atom. The number of aliphatic hydroxyl groups excluding tert-OH is 1. The van der Waals surface area contributed by atoms with E-state index in [2.05, 4.69) is 30.6 Å². The van der Waals surface area contributed by atoms with Crippen LogP contribution in [-0.4, -0.2) is 22.3 Å². The van der Waals surface area contributed by atoms with Crippen LogP contribution in [0.1, 0.15) is 90.4 Å². The summed E-state index contributed by atoms with van der Waals surface area (Å²) in [7, 11) is 0. The smallest absolute Gasteiger partial charge is 0.303 e. The second kappa shape index (κ2) is 16.9. The first-order valence-corrected chi connectivity index (χ1v) is 9.00. The third-order valence-corrected chi connectivity index (χ3v) is 3.52. The van der Waals surface area contributed by atoms with Crippen molar-refractivity contribution in [1.82, 2.24) is 0 Å². The monoisotopic (exact) mass is 320 g/mol. The third kappa shape index (κ3) is 18.5. The van der Waals surface area contributed by atoms with Crippen LogP contribution in [0.2, 0.25) is 0 Å². The maximum Gasteiger partial charge on any atom is 0.303 e. The lowest BCUT2D eigenvalue weighted by atomic mass is 10.1. The molecule has 0 aliphatic carbocycles. The molecule has 0 unspecified atom stereocenters. The molecule has 130 valence electrons. The molecule has 23 heavy (non-hydrogen) atoms. The van der Waals surface area contributed by atoms with Crippen molar-refractivity contribution in [2.24, 2.45) is 0 Å². The number of rotatable bonds is 12. The van der Waals surface area contributed by atoms with E-state index in [1.165, 1.54) is 19.3 Å². The summed E-state index contributed by atoms with van der Waals surface area (Å²) < 4.78 is 0.